The minimum Gasteiger partial charge on any atom is -0.460 e. The van der Waals surface area contributed by atoms with Gasteiger partial charge in [0.25, 0.3) is 0 Å². The number of hydrogen-bond acceptors (Lipinski definition) is 4. The topological polar surface area (TPSA) is 57.0 Å². The third kappa shape index (κ3) is 6.19. The molecule has 5 nitrogen and oxygen atoms in total. The summed E-state index contributed by atoms with van der Waals surface area (Å²) in [6.07, 6.45) is 2.33. The van der Waals surface area contributed by atoms with Crippen LogP contribution in [0.15, 0.2) is 24.3 Å². The predicted molar refractivity (Wildman–Crippen MR) is 109 cm³/mol. The second-order valence-corrected chi connectivity index (χ2v) is 8.81. The summed E-state index contributed by atoms with van der Waals surface area (Å²) in [6.45, 7) is 14.6. The molecule has 0 N–H and O–H groups in total. The lowest BCUT2D eigenvalue weighted by molar-refractivity contribution is 0.0854. The van der Waals surface area contributed by atoms with E-state index in [4.69, 9.17) is 4.74 Å². The van der Waals surface area contributed by atoms with Gasteiger partial charge < -0.3 is 4.74 Å². The Balaban J connectivity index is 2.32. The van der Waals surface area contributed by atoms with Crippen LogP contribution < -0.4 is 4.74 Å². The number of ether oxygens (including phenoxy) is 1. The third-order valence-electron chi connectivity index (χ3n) is 4.27. The maximum Gasteiger partial charge on any atom is 0.336 e. The van der Waals surface area contributed by atoms with E-state index in [0.717, 1.165) is 18.4 Å². The number of carbonyl (C=O) groups is 1. The maximum absolute atomic E-state index is 13.0. The summed E-state index contributed by atoms with van der Waals surface area (Å²) in [5, 5.41) is 4.35. The second kappa shape index (κ2) is 8.68. The molecule has 148 valence electrons. The molecule has 0 fully saturated rings. The van der Waals surface area contributed by atoms with Gasteiger partial charge in [-0.3, -0.25) is 4.79 Å². The van der Waals surface area contributed by atoms with Crippen LogP contribution in [0.2, 0.25) is 0 Å². The first-order valence-corrected chi connectivity index (χ1v) is 9.85. The highest BCUT2D eigenvalue weighted by atomic mass is 16.5. The predicted octanol–water partition coefficient (Wildman–Crippen LogP) is 5.40. The van der Waals surface area contributed by atoms with Crippen molar-refractivity contribution in [2.75, 3.05) is 0 Å². The summed E-state index contributed by atoms with van der Waals surface area (Å²) in [6, 6.07) is 8.35. The smallest absolute Gasteiger partial charge is 0.336 e. The van der Waals surface area contributed by atoms with Gasteiger partial charge in [-0.05, 0) is 43.6 Å². The average molecular weight is 372 g/mol. The molecule has 0 amide bonds. The molecule has 1 aromatic carbocycles. The summed E-state index contributed by atoms with van der Waals surface area (Å²) >= 11 is 0. The number of hydrogen-bond donors (Lipinski definition) is 0. The number of benzene rings is 1. The highest BCUT2D eigenvalue weighted by Gasteiger charge is 2.23. The molecule has 1 atom stereocenters. The van der Waals surface area contributed by atoms with Crippen LogP contribution >= 0.6 is 0 Å². The number of carbonyl (C=O) groups excluding carboxylic acids is 1. The molecule has 1 unspecified atom stereocenters. The van der Waals surface area contributed by atoms with E-state index in [1.165, 1.54) is 10.2 Å². The van der Waals surface area contributed by atoms with Gasteiger partial charge in [0.1, 0.15) is 0 Å². The van der Waals surface area contributed by atoms with Gasteiger partial charge in [0, 0.05) is 12.0 Å². The van der Waals surface area contributed by atoms with E-state index in [0.29, 0.717) is 12.2 Å². The van der Waals surface area contributed by atoms with Gasteiger partial charge in [-0.15, -0.1) is 5.10 Å². The highest BCUT2D eigenvalue weighted by Crippen LogP contribution is 2.27. The highest BCUT2D eigenvalue weighted by molar-refractivity contribution is 5.82. The Labute approximate surface area is 163 Å². The summed E-state index contributed by atoms with van der Waals surface area (Å²) in [5.74, 6) is 0.764. The lowest BCUT2D eigenvalue weighted by Gasteiger charge is -2.22. The van der Waals surface area contributed by atoms with E-state index in [2.05, 4.69) is 56.8 Å². The normalized spacial score (nSPS) is 13.0. The largest absolute Gasteiger partial charge is 0.460 e. The molecule has 2 aromatic rings. The van der Waals surface area contributed by atoms with Gasteiger partial charge >= 0.3 is 6.01 Å². The van der Waals surface area contributed by atoms with E-state index >= 15 is 0 Å². The first-order valence-electron chi connectivity index (χ1n) is 9.85. The van der Waals surface area contributed by atoms with Gasteiger partial charge in [0.05, 0.1) is 6.10 Å². The van der Waals surface area contributed by atoms with Crippen LogP contribution in [0.25, 0.3) is 11.4 Å². The summed E-state index contributed by atoms with van der Waals surface area (Å²) < 4.78 is 7.06. The first kappa shape index (κ1) is 21.1. The van der Waals surface area contributed by atoms with E-state index in [-0.39, 0.29) is 29.4 Å². The van der Waals surface area contributed by atoms with Crippen LogP contribution in [-0.2, 0) is 6.42 Å². The van der Waals surface area contributed by atoms with Crippen molar-refractivity contribution in [1.29, 1.82) is 0 Å². The fraction of sp³-hybridized carbons (Fsp3) is 0.591. The van der Waals surface area contributed by atoms with Crippen molar-refractivity contribution < 1.29 is 9.53 Å². The fourth-order valence-corrected chi connectivity index (χ4v) is 3.31. The zero-order chi connectivity index (χ0) is 20.2. The average Bonchev–Trinajstić information content (AvgIpc) is 2.96. The first-order chi connectivity index (χ1) is 12.6. The van der Waals surface area contributed by atoms with Crippen molar-refractivity contribution in [1.82, 2.24) is 14.8 Å². The maximum atomic E-state index is 13.0. The molecule has 0 radical (unpaired) electrons. The third-order valence-corrected chi connectivity index (χ3v) is 4.27. The Morgan fingerprint density at radius 2 is 1.78 bits per heavy atom. The molecule has 1 heterocycles. The minimum atomic E-state index is -0.0499. The van der Waals surface area contributed by atoms with Crippen LogP contribution in [0, 0.1) is 11.3 Å². The molecule has 27 heavy (non-hydrogen) atoms. The SMILES string of the molecule is CCc1ccc(-c2nc(OC(C)C)nn2C(=O)CC(C)CC(C)(C)C)cc1. The molecule has 1 aromatic heterocycles. The van der Waals surface area contributed by atoms with Crippen molar-refractivity contribution in [2.24, 2.45) is 11.3 Å². The van der Waals surface area contributed by atoms with E-state index in [1.54, 1.807) is 0 Å². The number of aryl methyl sites for hydroxylation is 1. The number of nitrogens with zero attached hydrogens (tertiary/aromatic N) is 3. The van der Waals surface area contributed by atoms with Crippen LogP contribution in [0.5, 0.6) is 6.01 Å². The summed E-state index contributed by atoms with van der Waals surface area (Å²) in [5.41, 5.74) is 2.30. The number of aromatic nitrogens is 3. The molecule has 5 heteroatoms. The summed E-state index contributed by atoms with van der Waals surface area (Å²) in [7, 11) is 0. The fourth-order valence-electron chi connectivity index (χ4n) is 3.31. The van der Waals surface area contributed by atoms with Crippen molar-refractivity contribution in [3.05, 3.63) is 29.8 Å². The molecule has 0 aliphatic rings. The summed E-state index contributed by atoms with van der Waals surface area (Å²) in [4.78, 5) is 17.5. The zero-order valence-electron chi connectivity index (χ0n) is 17.7. The Kier molecular flexibility index (Phi) is 6.79. The quantitative estimate of drug-likeness (QED) is 0.654. The Bertz CT molecular complexity index is 755. The van der Waals surface area contributed by atoms with Crippen molar-refractivity contribution >= 4 is 5.91 Å². The van der Waals surface area contributed by atoms with Crippen molar-refractivity contribution in [3.8, 4) is 17.4 Å². The van der Waals surface area contributed by atoms with Crippen LogP contribution in [0.3, 0.4) is 0 Å². The van der Waals surface area contributed by atoms with Crippen molar-refractivity contribution in [3.63, 3.8) is 0 Å². The van der Waals surface area contributed by atoms with Crippen LogP contribution in [0.1, 0.15) is 71.7 Å². The molecule has 0 aliphatic carbocycles. The Morgan fingerprint density at radius 3 is 2.30 bits per heavy atom. The molecule has 0 saturated heterocycles. The second-order valence-electron chi connectivity index (χ2n) is 8.81. The van der Waals surface area contributed by atoms with Gasteiger partial charge in [0.2, 0.25) is 5.91 Å². The number of rotatable bonds is 7. The van der Waals surface area contributed by atoms with E-state index < -0.39 is 0 Å². The van der Waals surface area contributed by atoms with Crippen molar-refractivity contribution in [2.45, 2.75) is 73.8 Å². The lowest BCUT2D eigenvalue weighted by Crippen LogP contribution is -2.20. The van der Waals surface area contributed by atoms with Gasteiger partial charge in [-0.25, -0.2) is 0 Å². The molecular weight excluding hydrogens is 338 g/mol. The standard InChI is InChI=1S/C22H33N3O2/c1-8-17-9-11-18(12-10-17)20-23-21(27-15(2)3)24-25(20)19(26)13-16(4)14-22(5,6)7/h9-12,15-16H,8,13-14H2,1-7H3. The monoisotopic (exact) mass is 371 g/mol. The Hall–Kier alpha value is -2.17. The molecule has 0 spiro atoms. The van der Waals surface area contributed by atoms with E-state index in [9.17, 15) is 4.79 Å². The minimum absolute atomic E-state index is 0.0487. The molecule has 0 bridgehead atoms. The Morgan fingerprint density at radius 1 is 1.15 bits per heavy atom. The molecule has 0 saturated carbocycles. The molecule has 2 rings (SSSR count). The van der Waals surface area contributed by atoms with Gasteiger partial charge in [-0.2, -0.15) is 9.67 Å². The van der Waals surface area contributed by atoms with Crippen LogP contribution in [-0.4, -0.2) is 26.8 Å². The van der Waals surface area contributed by atoms with Gasteiger partial charge in [0.15, 0.2) is 5.82 Å². The molecular formula is C22H33N3O2. The zero-order valence-corrected chi connectivity index (χ0v) is 17.7. The van der Waals surface area contributed by atoms with Crippen LogP contribution in [0.4, 0.5) is 0 Å². The van der Waals surface area contributed by atoms with Gasteiger partial charge in [-0.1, -0.05) is 58.9 Å². The lowest BCUT2D eigenvalue weighted by atomic mass is 9.84. The molecule has 0 aliphatic heterocycles. The van der Waals surface area contributed by atoms with E-state index in [1.807, 2.05) is 26.0 Å².